The Labute approximate surface area is 152 Å². The Bertz CT molecular complexity index is 896. The van der Waals surface area contributed by atoms with Gasteiger partial charge in [-0.1, -0.05) is 16.9 Å². The number of anilines is 1. The van der Waals surface area contributed by atoms with Crippen LogP contribution in [0.4, 0.5) is 5.82 Å². The second kappa shape index (κ2) is 7.78. The summed E-state index contributed by atoms with van der Waals surface area (Å²) in [6, 6.07) is 6.84. The number of carbonyl (C=O) groups excluding carboxylic acids is 1. The molecule has 3 N–H and O–H groups in total. The molecule has 1 amide bonds. The molecule has 2 aromatic heterocycles. The van der Waals surface area contributed by atoms with E-state index in [4.69, 9.17) is 15.3 Å². The van der Waals surface area contributed by atoms with E-state index in [-0.39, 0.29) is 11.7 Å². The molecular weight excluding hydrogens is 360 g/mol. The molecule has 0 radical (unpaired) electrons. The molecule has 2 heterocycles. The van der Waals surface area contributed by atoms with Gasteiger partial charge >= 0.3 is 0 Å². The van der Waals surface area contributed by atoms with Gasteiger partial charge in [0.2, 0.25) is 11.1 Å². The number of hydrogen-bond donors (Lipinski definition) is 2. The predicted octanol–water partition coefficient (Wildman–Crippen LogP) is 1.39. The highest BCUT2D eigenvalue weighted by molar-refractivity contribution is 7.99. The van der Waals surface area contributed by atoms with Crippen LogP contribution in [-0.2, 0) is 4.79 Å². The normalized spacial score (nSPS) is 10.5. The van der Waals surface area contributed by atoms with Crippen molar-refractivity contribution in [1.29, 1.82) is 0 Å². The maximum absolute atomic E-state index is 11.9. The lowest BCUT2D eigenvalue weighted by Gasteiger charge is -2.09. The fraction of sp³-hybridized carbons (Fsp3) is 0.200. The number of nitrogen functional groups attached to an aromatic ring is 1. The van der Waals surface area contributed by atoms with Gasteiger partial charge in [-0.15, -0.1) is 10.2 Å². The van der Waals surface area contributed by atoms with Crippen LogP contribution in [-0.4, -0.2) is 45.9 Å². The first-order chi connectivity index (χ1) is 12.6. The highest BCUT2D eigenvalue weighted by Gasteiger charge is 2.16. The predicted molar refractivity (Wildman–Crippen MR) is 94.6 cm³/mol. The first-order valence-electron chi connectivity index (χ1n) is 7.38. The molecular formula is C15H16N6O4S. The summed E-state index contributed by atoms with van der Waals surface area (Å²) in [6.45, 7) is 0. The Morgan fingerprint density at radius 1 is 1.27 bits per heavy atom. The molecule has 0 unspecified atom stereocenters. The van der Waals surface area contributed by atoms with Gasteiger partial charge in [0.25, 0.3) is 0 Å². The van der Waals surface area contributed by atoms with E-state index in [1.54, 1.807) is 38.5 Å². The van der Waals surface area contributed by atoms with Crippen LogP contribution in [0.15, 0.2) is 40.2 Å². The summed E-state index contributed by atoms with van der Waals surface area (Å²) in [5, 5.41) is 14.7. The summed E-state index contributed by atoms with van der Waals surface area (Å²) in [4.78, 5) is 11.9. The summed E-state index contributed by atoms with van der Waals surface area (Å²) in [7, 11) is 3.10. The lowest BCUT2D eigenvalue weighted by molar-refractivity contribution is -0.113. The molecule has 3 rings (SSSR count). The van der Waals surface area contributed by atoms with E-state index in [9.17, 15) is 4.79 Å². The number of carbonyl (C=O) groups is 1. The van der Waals surface area contributed by atoms with Crippen molar-refractivity contribution in [1.82, 2.24) is 20.0 Å². The zero-order chi connectivity index (χ0) is 18.5. The fourth-order valence-electron chi connectivity index (χ4n) is 2.13. The van der Waals surface area contributed by atoms with Gasteiger partial charge in [0, 0.05) is 11.6 Å². The molecule has 26 heavy (non-hydrogen) atoms. The Morgan fingerprint density at radius 3 is 2.77 bits per heavy atom. The highest BCUT2D eigenvalue weighted by Crippen LogP contribution is 2.32. The van der Waals surface area contributed by atoms with Gasteiger partial charge in [-0.3, -0.25) is 4.79 Å². The van der Waals surface area contributed by atoms with Gasteiger partial charge in [0.15, 0.2) is 23.1 Å². The third-order valence-corrected chi connectivity index (χ3v) is 4.29. The topological polar surface area (TPSA) is 130 Å². The number of hydrogen-bond acceptors (Lipinski definition) is 9. The van der Waals surface area contributed by atoms with Crippen LogP contribution >= 0.6 is 11.8 Å². The minimum Gasteiger partial charge on any atom is -0.493 e. The van der Waals surface area contributed by atoms with E-state index in [0.717, 1.165) is 11.8 Å². The number of nitrogens with zero attached hydrogens (tertiary/aromatic N) is 4. The molecule has 0 atom stereocenters. The molecule has 10 nitrogen and oxygen atoms in total. The molecule has 136 valence electrons. The van der Waals surface area contributed by atoms with Crippen molar-refractivity contribution in [2.75, 3.05) is 31.1 Å². The van der Waals surface area contributed by atoms with Crippen LogP contribution in [0.3, 0.4) is 0 Å². The Hall–Kier alpha value is -3.21. The number of nitrogens with two attached hydrogens (primary N) is 1. The summed E-state index contributed by atoms with van der Waals surface area (Å²) in [5.41, 5.74) is 0.705. The van der Waals surface area contributed by atoms with Crippen LogP contribution < -0.4 is 20.6 Å². The minimum atomic E-state index is -0.264. The fourth-order valence-corrected chi connectivity index (χ4v) is 2.79. The first kappa shape index (κ1) is 17.6. The second-order valence-electron chi connectivity index (χ2n) is 4.97. The third-order valence-electron chi connectivity index (χ3n) is 3.34. The van der Waals surface area contributed by atoms with E-state index in [1.807, 2.05) is 0 Å². The minimum absolute atomic E-state index is 0.0914. The van der Waals surface area contributed by atoms with Gasteiger partial charge in [0.05, 0.1) is 20.0 Å². The smallest absolute Gasteiger partial charge is 0.236 e. The number of benzene rings is 1. The zero-order valence-corrected chi connectivity index (χ0v) is 14.8. The summed E-state index contributed by atoms with van der Waals surface area (Å²) in [6.07, 6.45) is 1.37. The van der Waals surface area contributed by atoms with Gasteiger partial charge in [-0.2, -0.15) is 0 Å². The SMILES string of the molecule is COc1ccc(-c2nnc(SCC(=O)Nc3ccon3)n2N)cc1OC. The molecule has 0 aliphatic heterocycles. The Balaban J connectivity index is 1.70. The number of aromatic nitrogens is 4. The van der Waals surface area contributed by atoms with Crippen molar-refractivity contribution >= 4 is 23.5 Å². The molecule has 0 spiro atoms. The molecule has 11 heteroatoms. The molecule has 0 fully saturated rings. The number of amides is 1. The van der Waals surface area contributed by atoms with Crippen LogP contribution in [0.2, 0.25) is 0 Å². The molecule has 0 aliphatic carbocycles. The average molecular weight is 376 g/mol. The molecule has 1 aromatic carbocycles. The van der Waals surface area contributed by atoms with Crippen molar-refractivity contribution in [2.45, 2.75) is 5.16 Å². The van der Waals surface area contributed by atoms with Crippen molar-refractivity contribution in [2.24, 2.45) is 0 Å². The zero-order valence-electron chi connectivity index (χ0n) is 14.0. The number of ether oxygens (including phenoxy) is 2. The number of rotatable bonds is 7. The van der Waals surface area contributed by atoms with Crippen molar-refractivity contribution in [3.05, 3.63) is 30.5 Å². The lowest BCUT2D eigenvalue weighted by atomic mass is 10.2. The summed E-state index contributed by atoms with van der Waals surface area (Å²) >= 11 is 1.15. The lowest BCUT2D eigenvalue weighted by Crippen LogP contribution is -2.16. The van der Waals surface area contributed by atoms with Crippen molar-refractivity contribution in [3.63, 3.8) is 0 Å². The van der Waals surface area contributed by atoms with Crippen LogP contribution in [0, 0.1) is 0 Å². The third kappa shape index (κ3) is 3.72. The summed E-state index contributed by atoms with van der Waals surface area (Å²) < 4.78 is 16.5. The van der Waals surface area contributed by atoms with E-state index >= 15 is 0 Å². The van der Waals surface area contributed by atoms with Gasteiger partial charge in [-0.05, 0) is 18.2 Å². The Morgan fingerprint density at radius 2 is 2.08 bits per heavy atom. The molecule has 0 aliphatic rings. The maximum Gasteiger partial charge on any atom is 0.236 e. The van der Waals surface area contributed by atoms with Crippen molar-refractivity contribution < 1.29 is 18.8 Å². The summed E-state index contributed by atoms with van der Waals surface area (Å²) in [5.74, 6) is 7.81. The molecule has 0 saturated carbocycles. The van der Waals surface area contributed by atoms with Crippen LogP contribution in [0.1, 0.15) is 0 Å². The highest BCUT2D eigenvalue weighted by atomic mass is 32.2. The van der Waals surface area contributed by atoms with E-state index < -0.39 is 0 Å². The molecule has 0 saturated heterocycles. The van der Waals surface area contributed by atoms with Crippen LogP contribution in [0.5, 0.6) is 11.5 Å². The average Bonchev–Trinajstić information content (AvgIpc) is 3.29. The van der Waals surface area contributed by atoms with Gasteiger partial charge in [-0.25, -0.2) is 4.68 Å². The molecule has 3 aromatic rings. The molecule has 0 bridgehead atoms. The quantitative estimate of drug-likeness (QED) is 0.464. The van der Waals surface area contributed by atoms with E-state index in [2.05, 4.69) is 25.2 Å². The van der Waals surface area contributed by atoms with E-state index in [1.165, 1.54) is 10.9 Å². The Kier molecular flexibility index (Phi) is 5.27. The number of thioether (sulfide) groups is 1. The maximum atomic E-state index is 11.9. The number of nitrogens with one attached hydrogen (secondary N) is 1. The van der Waals surface area contributed by atoms with Crippen molar-refractivity contribution in [3.8, 4) is 22.9 Å². The largest absolute Gasteiger partial charge is 0.493 e. The van der Waals surface area contributed by atoms with E-state index in [0.29, 0.717) is 33.9 Å². The van der Waals surface area contributed by atoms with Gasteiger partial charge in [0.1, 0.15) is 6.26 Å². The first-order valence-corrected chi connectivity index (χ1v) is 8.37. The van der Waals surface area contributed by atoms with Gasteiger partial charge < -0.3 is 25.2 Å². The standard InChI is InChI=1S/C15H16N6O4S/c1-23-10-4-3-9(7-11(10)24-2)14-18-19-15(21(14)16)26-8-13(22)17-12-5-6-25-20-12/h3-7H,8,16H2,1-2H3,(H,17,20,22). The van der Waals surface area contributed by atoms with Crippen LogP contribution in [0.25, 0.3) is 11.4 Å². The number of methoxy groups -OCH3 is 2. The monoisotopic (exact) mass is 376 g/mol. The second-order valence-corrected chi connectivity index (χ2v) is 5.91.